The van der Waals surface area contributed by atoms with Crippen molar-refractivity contribution in [3.63, 3.8) is 0 Å². The maximum atomic E-state index is 15.1. The van der Waals surface area contributed by atoms with E-state index in [-0.39, 0.29) is 5.56 Å². The Hall–Kier alpha value is -2.68. The average Bonchev–Trinajstić information content (AvgIpc) is 2.92. The van der Waals surface area contributed by atoms with Crippen molar-refractivity contribution < 1.29 is 13.5 Å². The van der Waals surface area contributed by atoms with Crippen LogP contribution in [0, 0.1) is 17.6 Å². The lowest BCUT2D eigenvalue weighted by Crippen LogP contribution is -2.06. The summed E-state index contributed by atoms with van der Waals surface area (Å²) < 4.78 is 36.0. The highest BCUT2D eigenvalue weighted by molar-refractivity contribution is 5.72. The molecule has 1 aliphatic rings. The van der Waals surface area contributed by atoms with Gasteiger partial charge in [-0.1, -0.05) is 107 Å². The summed E-state index contributed by atoms with van der Waals surface area (Å²) in [7, 11) is 0. The second-order valence-corrected chi connectivity index (χ2v) is 10.3. The third kappa shape index (κ3) is 7.18. The second kappa shape index (κ2) is 13.6. The van der Waals surface area contributed by atoms with Crippen molar-refractivity contribution in [2.45, 2.75) is 84.0 Å². The van der Waals surface area contributed by atoms with Gasteiger partial charge in [0.1, 0.15) is 5.75 Å². The minimum Gasteiger partial charge on any atom is -0.494 e. The van der Waals surface area contributed by atoms with Gasteiger partial charge in [0.2, 0.25) is 0 Å². The Morgan fingerprint density at radius 2 is 1.31 bits per heavy atom. The Labute approximate surface area is 215 Å². The van der Waals surface area contributed by atoms with Gasteiger partial charge < -0.3 is 4.74 Å². The lowest BCUT2D eigenvalue weighted by atomic mass is 9.86. The van der Waals surface area contributed by atoms with Crippen LogP contribution in [0.1, 0.15) is 83.1 Å². The van der Waals surface area contributed by atoms with Crippen LogP contribution in [0.25, 0.3) is 22.3 Å². The van der Waals surface area contributed by atoms with Gasteiger partial charge in [0, 0.05) is 11.1 Å². The predicted molar refractivity (Wildman–Crippen MR) is 146 cm³/mol. The van der Waals surface area contributed by atoms with Gasteiger partial charge in [-0.05, 0) is 60.4 Å². The lowest BCUT2D eigenvalue weighted by Gasteiger charge is -2.21. The van der Waals surface area contributed by atoms with Crippen LogP contribution in [0.3, 0.4) is 0 Å². The van der Waals surface area contributed by atoms with Gasteiger partial charge in [-0.25, -0.2) is 8.78 Å². The van der Waals surface area contributed by atoms with Crippen molar-refractivity contribution in [3.8, 4) is 28.0 Å². The number of hydrogen-bond acceptors (Lipinski definition) is 1. The van der Waals surface area contributed by atoms with Gasteiger partial charge in [0.15, 0.2) is 11.6 Å². The first-order valence-electron chi connectivity index (χ1n) is 14.0. The molecule has 1 nitrogen and oxygen atoms in total. The van der Waals surface area contributed by atoms with Crippen molar-refractivity contribution in [3.05, 3.63) is 77.9 Å². The molecule has 0 saturated heterocycles. The van der Waals surface area contributed by atoms with Crippen molar-refractivity contribution >= 4 is 0 Å². The molecule has 0 atom stereocenters. The summed E-state index contributed by atoms with van der Waals surface area (Å²) in [5.74, 6) is 0.0722. The molecule has 1 saturated carbocycles. The van der Waals surface area contributed by atoms with Crippen LogP contribution >= 0.6 is 0 Å². The minimum absolute atomic E-state index is 0.270. The van der Waals surface area contributed by atoms with E-state index in [9.17, 15) is 0 Å². The number of ether oxygens (including phenoxy) is 1. The summed E-state index contributed by atoms with van der Waals surface area (Å²) >= 11 is 0. The van der Waals surface area contributed by atoms with E-state index in [1.165, 1.54) is 63.4 Å². The minimum atomic E-state index is -0.809. The highest BCUT2D eigenvalue weighted by Crippen LogP contribution is 2.33. The highest BCUT2D eigenvalue weighted by atomic mass is 19.2. The molecule has 3 aromatic carbocycles. The van der Waals surface area contributed by atoms with Gasteiger partial charge in [-0.2, -0.15) is 0 Å². The molecule has 192 valence electrons. The Bertz CT molecular complexity index is 1070. The van der Waals surface area contributed by atoms with E-state index in [0.717, 1.165) is 30.9 Å². The first kappa shape index (κ1) is 26.4. The van der Waals surface area contributed by atoms with Crippen LogP contribution in [0.5, 0.6) is 5.75 Å². The molecule has 0 radical (unpaired) electrons. The molecule has 0 spiro atoms. The molecule has 1 aliphatic carbocycles. The second-order valence-electron chi connectivity index (χ2n) is 10.3. The summed E-state index contributed by atoms with van der Waals surface area (Å²) in [5, 5.41) is 0. The zero-order valence-corrected chi connectivity index (χ0v) is 21.7. The van der Waals surface area contributed by atoms with Gasteiger partial charge in [0.05, 0.1) is 6.61 Å². The summed E-state index contributed by atoms with van der Waals surface area (Å²) in [5.41, 5.74) is 3.14. The number of unbranched alkanes of at least 4 members (excludes halogenated alkanes) is 3. The molecular formula is C33H40F2O. The van der Waals surface area contributed by atoms with Crippen LogP contribution in [0.4, 0.5) is 8.78 Å². The molecule has 0 aliphatic heterocycles. The standard InChI is InChI=1S/C33H40F2O/c1-2-3-5-10-26-14-16-27(17-15-26)30-22-23-31(33(35)32(30)34)28-18-20-29(21-19-28)36-24-9-8-13-25-11-6-4-7-12-25/h14-23,25H,2-13,24H2,1H3. The quantitative estimate of drug-likeness (QED) is 0.229. The smallest absolute Gasteiger partial charge is 0.167 e. The number of rotatable bonds is 12. The molecule has 0 heterocycles. The molecular weight excluding hydrogens is 450 g/mol. The molecule has 4 rings (SSSR count). The van der Waals surface area contributed by atoms with Crippen LogP contribution in [0.15, 0.2) is 60.7 Å². The Morgan fingerprint density at radius 1 is 0.694 bits per heavy atom. The maximum absolute atomic E-state index is 15.1. The SMILES string of the molecule is CCCCCc1ccc(-c2ccc(-c3ccc(OCCCCC4CCCCC4)cc3)c(F)c2F)cc1. The summed E-state index contributed by atoms with van der Waals surface area (Å²) in [4.78, 5) is 0. The zero-order chi connectivity index (χ0) is 25.2. The summed E-state index contributed by atoms with van der Waals surface area (Å²) in [6.45, 7) is 2.88. The highest BCUT2D eigenvalue weighted by Gasteiger charge is 2.16. The molecule has 0 bridgehead atoms. The molecule has 0 unspecified atom stereocenters. The van der Waals surface area contributed by atoms with E-state index in [1.807, 2.05) is 36.4 Å². The topological polar surface area (TPSA) is 9.23 Å². The van der Waals surface area contributed by atoms with E-state index in [0.29, 0.717) is 23.3 Å². The molecule has 0 amide bonds. The van der Waals surface area contributed by atoms with Crippen LogP contribution in [0.2, 0.25) is 0 Å². The van der Waals surface area contributed by atoms with Crippen molar-refractivity contribution in [2.24, 2.45) is 5.92 Å². The fraction of sp³-hybridized carbons (Fsp3) is 0.455. The van der Waals surface area contributed by atoms with Crippen molar-refractivity contribution in [2.75, 3.05) is 6.61 Å². The van der Waals surface area contributed by atoms with Crippen molar-refractivity contribution in [1.82, 2.24) is 0 Å². The molecule has 3 aromatic rings. The summed E-state index contributed by atoms with van der Waals surface area (Å²) in [6, 6.07) is 18.5. The number of benzene rings is 3. The first-order chi connectivity index (χ1) is 17.7. The average molecular weight is 491 g/mol. The Kier molecular flexibility index (Phi) is 9.95. The van der Waals surface area contributed by atoms with Gasteiger partial charge in [0.25, 0.3) is 0 Å². The van der Waals surface area contributed by atoms with E-state index in [2.05, 4.69) is 6.92 Å². The Balaban J connectivity index is 1.32. The molecule has 0 aromatic heterocycles. The van der Waals surface area contributed by atoms with Crippen LogP contribution < -0.4 is 4.74 Å². The number of hydrogen-bond donors (Lipinski definition) is 0. The molecule has 36 heavy (non-hydrogen) atoms. The fourth-order valence-electron chi connectivity index (χ4n) is 5.36. The molecule has 3 heteroatoms. The third-order valence-corrected chi connectivity index (χ3v) is 7.58. The van der Waals surface area contributed by atoms with E-state index >= 15 is 8.78 Å². The summed E-state index contributed by atoms with van der Waals surface area (Å²) in [6.07, 6.45) is 15.1. The first-order valence-corrected chi connectivity index (χ1v) is 14.0. The van der Waals surface area contributed by atoms with E-state index in [4.69, 9.17) is 4.74 Å². The van der Waals surface area contributed by atoms with Crippen LogP contribution in [-0.4, -0.2) is 6.61 Å². The van der Waals surface area contributed by atoms with Gasteiger partial charge >= 0.3 is 0 Å². The molecule has 0 N–H and O–H groups in total. The lowest BCUT2D eigenvalue weighted by molar-refractivity contribution is 0.284. The normalized spacial score (nSPS) is 14.2. The van der Waals surface area contributed by atoms with Crippen molar-refractivity contribution in [1.29, 1.82) is 0 Å². The maximum Gasteiger partial charge on any atom is 0.167 e. The largest absolute Gasteiger partial charge is 0.494 e. The Morgan fingerprint density at radius 3 is 1.92 bits per heavy atom. The predicted octanol–water partition coefficient (Wildman–Crippen LogP) is 10.2. The third-order valence-electron chi connectivity index (χ3n) is 7.58. The van der Waals surface area contributed by atoms with Gasteiger partial charge in [-0.3, -0.25) is 0 Å². The number of aryl methyl sites for hydroxylation is 1. The fourth-order valence-corrected chi connectivity index (χ4v) is 5.36. The van der Waals surface area contributed by atoms with E-state index < -0.39 is 11.6 Å². The molecule has 1 fully saturated rings. The van der Waals surface area contributed by atoms with Crippen LogP contribution in [-0.2, 0) is 6.42 Å². The van der Waals surface area contributed by atoms with Gasteiger partial charge in [-0.15, -0.1) is 0 Å². The number of halogens is 2. The van der Waals surface area contributed by atoms with E-state index in [1.54, 1.807) is 24.3 Å². The monoisotopic (exact) mass is 490 g/mol. The zero-order valence-electron chi connectivity index (χ0n) is 21.7.